The highest BCUT2D eigenvalue weighted by Crippen LogP contribution is 2.22. The first-order valence-corrected chi connectivity index (χ1v) is 7.11. The van der Waals surface area contributed by atoms with E-state index in [9.17, 15) is 5.26 Å². The van der Waals surface area contributed by atoms with Gasteiger partial charge in [-0.3, -0.25) is 4.90 Å². The molecule has 0 saturated carbocycles. The first-order valence-electron chi connectivity index (χ1n) is 7.11. The first kappa shape index (κ1) is 17.4. The molecule has 5 nitrogen and oxygen atoms in total. The second-order valence-corrected chi connectivity index (χ2v) is 4.56. The normalized spacial score (nSPS) is 12.1. The molecule has 1 aromatic carbocycles. The van der Waals surface area contributed by atoms with E-state index in [-0.39, 0.29) is 6.04 Å². The molecule has 0 aliphatic heterocycles. The Hall–Kier alpha value is -1.61. The molecule has 1 aromatic rings. The molecule has 1 unspecified atom stereocenters. The van der Waals surface area contributed by atoms with Gasteiger partial charge in [0.1, 0.15) is 11.8 Å². The van der Waals surface area contributed by atoms with E-state index in [1.54, 1.807) is 14.2 Å². The summed E-state index contributed by atoms with van der Waals surface area (Å²) in [6, 6.07) is 9.71. The zero-order chi connectivity index (χ0) is 15.5. The van der Waals surface area contributed by atoms with Gasteiger partial charge in [0, 0.05) is 27.3 Å². The van der Waals surface area contributed by atoms with Gasteiger partial charge >= 0.3 is 0 Å². The summed E-state index contributed by atoms with van der Waals surface area (Å²) in [5.74, 6) is 0.818. The van der Waals surface area contributed by atoms with Crippen molar-refractivity contribution in [2.75, 3.05) is 47.1 Å². The molecule has 0 heterocycles. The third kappa shape index (κ3) is 5.72. The van der Waals surface area contributed by atoms with Gasteiger partial charge in [0.25, 0.3) is 0 Å². The summed E-state index contributed by atoms with van der Waals surface area (Å²) in [7, 11) is 3.32. The molecule has 21 heavy (non-hydrogen) atoms. The summed E-state index contributed by atoms with van der Waals surface area (Å²) in [4.78, 5) is 2.06. The number of rotatable bonds is 10. The van der Waals surface area contributed by atoms with Crippen LogP contribution in [0, 0.1) is 11.3 Å². The monoisotopic (exact) mass is 292 g/mol. The van der Waals surface area contributed by atoms with Gasteiger partial charge in [0.15, 0.2) is 0 Å². The molecule has 5 heteroatoms. The smallest absolute Gasteiger partial charge is 0.124 e. The zero-order valence-corrected chi connectivity index (χ0v) is 13.0. The minimum Gasteiger partial charge on any atom is -0.494 e. The van der Waals surface area contributed by atoms with Crippen molar-refractivity contribution in [1.29, 1.82) is 5.26 Å². The fourth-order valence-corrected chi connectivity index (χ4v) is 2.07. The highest BCUT2D eigenvalue weighted by molar-refractivity contribution is 5.31. The Morgan fingerprint density at radius 2 is 1.67 bits per heavy atom. The van der Waals surface area contributed by atoms with Crippen molar-refractivity contribution >= 4 is 0 Å². The van der Waals surface area contributed by atoms with Crippen LogP contribution in [0.1, 0.15) is 18.5 Å². The summed E-state index contributed by atoms with van der Waals surface area (Å²) < 4.78 is 15.7. The fourth-order valence-electron chi connectivity index (χ4n) is 2.07. The topological polar surface area (TPSA) is 54.7 Å². The molecule has 0 spiro atoms. The molecular formula is C16H24N2O3. The number of methoxy groups -OCH3 is 2. The Morgan fingerprint density at radius 1 is 1.10 bits per heavy atom. The van der Waals surface area contributed by atoms with Crippen molar-refractivity contribution in [2.45, 2.75) is 13.0 Å². The quantitative estimate of drug-likeness (QED) is 0.662. The van der Waals surface area contributed by atoms with E-state index < -0.39 is 0 Å². The number of hydrogen-bond donors (Lipinski definition) is 0. The van der Waals surface area contributed by atoms with E-state index >= 15 is 0 Å². The lowest BCUT2D eigenvalue weighted by molar-refractivity contribution is 0.101. The molecule has 0 amide bonds. The Bertz CT molecular complexity index is 420. The molecule has 0 fully saturated rings. The van der Waals surface area contributed by atoms with Gasteiger partial charge in [-0.15, -0.1) is 0 Å². The van der Waals surface area contributed by atoms with Crippen LogP contribution in [0.15, 0.2) is 24.3 Å². The van der Waals surface area contributed by atoms with Crippen molar-refractivity contribution in [2.24, 2.45) is 0 Å². The van der Waals surface area contributed by atoms with Crippen LogP contribution in [-0.4, -0.2) is 52.0 Å². The van der Waals surface area contributed by atoms with Crippen molar-refractivity contribution in [3.8, 4) is 11.8 Å². The summed E-state index contributed by atoms with van der Waals surface area (Å²) in [5.41, 5.74) is 0.952. The van der Waals surface area contributed by atoms with E-state index in [1.165, 1.54) is 0 Å². The van der Waals surface area contributed by atoms with E-state index in [0.29, 0.717) is 32.9 Å². The van der Waals surface area contributed by atoms with Gasteiger partial charge in [0.05, 0.1) is 25.9 Å². The standard InChI is InChI=1S/C16H24N2O3/c1-4-21-15-7-5-14(6-8-15)16(13-17)18(9-11-19-2)10-12-20-3/h5-8,16H,4,9-12H2,1-3H3. The van der Waals surface area contributed by atoms with Crippen molar-refractivity contribution in [3.63, 3.8) is 0 Å². The maximum atomic E-state index is 9.52. The molecular weight excluding hydrogens is 268 g/mol. The highest BCUT2D eigenvalue weighted by Gasteiger charge is 2.19. The predicted octanol–water partition coefficient (Wildman–Crippen LogP) is 2.24. The van der Waals surface area contributed by atoms with Crippen LogP contribution in [0.4, 0.5) is 0 Å². The minimum atomic E-state index is -0.314. The summed E-state index contributed by atoms with van der Waals surface area (Å²) in [6.07, 6.45) is 0. The maximum absolute atomic E-state index is 9.52. The summed E-state index contributed by atoms with van der Waals surface area (Å²) in [6.45, 7) is 5.12. The molecule has 0 aliphatic rings. The van der Waals surface area contributed by atoms with Crippen LogP contribution in [0.3, 0.4) is 0 Å². The average Bonchev–Trinajstić information content (AvgIpc) is 2.52. The highest BCUT2D eigenvalue weighted by atomic mass is 16.5. The molecule has 1 rings (SSSR count). The number of nitriles is 1. The Balaban J connectivity index is 2.82. The SMILES string of the molecule is CCOc1ccc(C(C#N)N(CCOC)CCOC)cc1. The van der Waals surface area contributed by atoms with Gasteiger partial charge in [-0.2, -0.15) is 5.26 Å². The van der Waals surface area contributed by atoms with Gasteiger partial charge in [-0.1, -0.05) is 12.1 Å². The van der Waals surface area contributed by atoms with Crippen LogP contribution in [0.5, 0.6) is 5.75 Å². The molecule has 1 atom stereocenters. The molecule has 0 saturated heterocycles. The van der Waals surface area contributed by atoms with Crippen LogP contribution in [0.2, 0.25) is 0 Å². The van der Waals surface area contributed by atoms with Gasteiger partial charge < -0.3 is 14.2 Å². The van der Waals surface area contributed by atoms with E-state index in [2.05, 4.69) is 11.0 Å². The number of ether oxygens (including phenoxy) is 3. The lowest BCUT2D eigenvalue weighted by Crippen LogP contribution is -2.34. The van der Waals surface area contributed by atoms with Crippen LogP contribution < -0.4 is 4.74 Å². The Labute approximate surface area is 127 Å². The van der Waals surface area contributed by atoms with Crippen molar-refractivity contribution < 1.29 is 14.2 Å². The Morgan fingerprint density at radius 3 is 2.10 bits per heavy atom. The number of benzene rings is 1. The van der Waals surface area contributed by atoms with E-state index in [1.807, 2.05) is 31.2 Å². The lowest BCUT2D eigenvalue weighted by atomic mass is 10.1. The Kier molecular flexibility index (Phi) is 8.44. The molecule has 0 N–H and O–H groups in total. The first-order chi connectivity index (χ1) is 10.3. The van der Waals surface area contributed by atoms with Crippen LogP contribution >= 0.6 is 0 Å². The minimum absolute atomic E-state index is 0.314. The largest absolute Gasteiger partial charge is 0.494 e. The summed E-state index contributed by atoms with van der Waals surface area (Å²) in [5, 5.41) is 9.52. The third-order valence-electron chi connectivity index (χ3n) is 3.16. The number of hydrogen-bond acceptors (Lipinski definition) is 5. The van der Waals surface area contributed by atoms with E-state index in [0.717, 1.165) is 11.3 Å². The second kappa shape index (κ2) is 10.2. The van der Waals surface area contributed by atoms with Crippen LogP contribution in [0.25, 0.3) is 0 Å². The van der Waals surface area contributed by atoms with Crippen molar-refractivity contribution in [3.05, 3.63) is 29.8 Å². The maximum Gasteiger partial charge on any atom is 0.124 e. The van der Waals surface area contributed by atoms with Crippen LogP contribution in [-0.2, 0) is 9.47 Å². The molecule has 116 valence electrons. The lowest BCUT2D eigenvalue weighted by Gasteiger charge is -2.26. The van der Waals surface area contributed by atoms with E-state index in [4.69, 9.17) is 14.2 Å². The average molecular weight is 292 g/mol. The predicted molar refractivity (Wildman–Crippen MR) is 81.3 cm³/mol. The van der Waals surface area contributed by atoms with Gasteiger partial charge in [0.2, 0.25) is 0 Å². The van der Waals surface area contributed by atoms with Gasteiger partial charge in [-0.25, -0.2) is 0 Å². The molecule has 0 radical (unpaired) electrons. The molecule has 0 bridgehead atoms. The fraction of sp³-hybridized carbons (Fsp3) is 0.562. The van der Waals surface area contributed by atoms with Crippen molar-refractivity contribution in [1.82, 2.24) is 4.90 Å². The number of nitrogens with zero attached hydrogens (tertiary/aromatic N) is 2. The molecule has 0 aromatic heterocycles. The third-order valence-corrected chi connectivity index (χ3v) is 3.16. The zero-order valence-electron chi connectivity index (χ0n) is 13.0. The second-order valence-electron chi connectivity index (χ2n) is 4.56. The molecule has 0 aliphatic carbocycles. The van der Waals surface area contributed by atoms with Gasteiger partial charge in [-0.05, 0) is 24.6 Å². The summed E-state index contributed by atoms with van der Waals surface area (Å²) >= 11 is 0.